The van der Waals surface area contributed by atoms with Crippen molar-refractivity contribution in [2.24, 2.45) is 5.92 Å². The smallest absolute Gasteiger partial charge is 0.353 e. The molecule has 1 aliphatic rings. The van der Waals surface area contributed by atoms with Crippen molar-refractivity contribution in [2.45, 2.75) is 70.4 Å². The van der Waals surface area contributed by atoms with E-state index in [1.54, 1.807) is 26.4 Å². The number of carbonyl (C=O) groups excluding carboxylic acids is 1. The number of rotatable bonds is 11. The van der Waals surface area contributed by atoms with E-state index < -0.39 is 13.0 Å². The van der Waals surface area contributed by atoms with Crippen molar-refractivity contribution < 1.29 is 18.8 Å². The van der Waals surface area contributed by atoms with E-state index in [0.717, 1.165) is 38.5 Å². The Morgan fingerprint density at radius 1 is 1.15 bits per heavy atom. The van der Waals surface area contributed by atoms with Crippen LogP contribution in [0.25, 0.3) is 0 Å². The van der Waals surface area contributed by atoms with Crippen LogP contribution in [-0.2, 0) is 4.57 Å². The van der Waals surface area contributed by atoms with Crippen molar-refractivity contribution in [3.63, 3.8) is 0 Å². The third kappa shape index (κ3) is 4.71. The third-order valence-corrected chi connectivity index (χ3v) is 8.41. The molecule has 1 aromatic carbocycles. The number of methoxy groups -OCH3 is 2. The fourth-order valence-electron chi connectivity index (χ4n) is 4.18. The van der Waals surface area contributed by atoms with E-state index >= 15 is 0 Å². The fraction of sp³-hybridized carbons (Fsp3) is 0.682. The molecule has 0 aromatic heterocycles. The lowest BCUT2D eigenvalue weighted by Crippen LogP contribution is -2.34. The number of ether oxygens (including phenoxy) is 2. The zero-order valence-electron chi connectivity index (χ0n) is 17.3. The van der Waals surface area contributed by atoms with Crippen molar-refractivity contribution in [2.75, 3.05) is 20.4 Å². The van der Waals surface area contributed by atoms with Gasteiger partial charge in [-0.2, -0.15) is 0 Å². The summed E-state index contributed by atoms with van der Waals surface area (Å²) in [4.78, 5) is 13.7. The predicted octanol–water partition coefficient (Wildman–Crippen LogP) is 6.24. The molecule has 0 radical (unpaired) electrons. The summed E-state index contributed by atoms with van der Waals surface area (Å²) in [6.45, 7) is 4.35. The summed E-state index contributed by atoms with van der Waals surface area (Å²) in [7, 11) is 1.48. The zero-order chi connectivity index (χ0) is 19.9. The summed E-state index contributed by atoms with van der Waals surface area (Å²) >= 11 is 0. The first-order chi connectivity index (χ1) is 13.0. The van der Waals surface area contributed by atoms with Crippen molar-refractivity contribution in [3.8, 4) is 11.5 Å². The van der Waals surface area contributed by atoms with Gasteiger partial charge >= 0.3 is 7.80 Å². The number of hydrogen-bond acceptors (Lipinski definition) is 4. The first-order valence-electron chi connectivity index (χ1n) is 10.2. The van der Waals surface area contributed by atoms with Crippen molar-refractivity contribution >= 4 is 13.6 Å². The highest BCUT2D eigenvalue weighted by Gasteiger charge is 2.58. The molecule has 1 fully saturated rings. The number of unbranched alkanes of at least 4 members (excludes halogenated alkanes) is 1. The van der Waals surface area contributed by atoms with Crippen LogP contribution in [0.2, 0.25) is 0 Å². The zero-order valence-corrected chi connectivity index (χ0v) is 18.1. The summed E-state index contributed by atoms with van der Waals surface area (Å²) in [6.07, 6.45) is 8.37. The summed E-state index contributed by atoms with van der Waals surface area (Å²) < 4.78 is 24.5. The molecule has 1 aromatic rings. The van der Waals surface area contributed by atoms with E-state index in [9.17, 15) is 9.36 Å². The van der Waals surface area contributed by atoms with E-state index in [2.05, 4.69) is 13.8 Å². The highest BCUT2D eigenvalue weighted by molar-refractivity contribution is 7.48. The van der Waals surface area contributed by atoms with E-state index in [0.29, 0.717) is 42.0 Å². The van der Waals surface area contributed by atoms with Gasteiger partial charge in [0.2, 0.25) is 10.9 Å². The van der Waals surface area contributed by atoms with Crippen LogP contribution in [0.1, 0.15) is 75.6 Å². The first kappa shape index (κ1) is 21.9. The number of Topliss-reactive ketones (excluding diaryl/α,β-unsaturated/α-hetero) is 1. The quantitative estimate of drug-likeness (QED) is 0.330. The summed E-state index contributed by atoms with van der Waals surface area (Å²) in [5.41, 5.74) is 0.453. The molecule has 150 valence electrons. The molecule has 0 bridgehead atoms. The molecular formula is C22H34O4P+. The van der Waals surface area contributed by atoms with Crippen LogP contribution < -0.4 is 9.47 Å². The van der Waals surface area contributed by atoms with Gasteiger partial charge in [-0.3, -0.25) is 4.79 Å². The molecule has 0 aliphatic heterocycles. The molecular weight excluding hydrogens is 359 g/mol. The minimum absolute atomic E-state index is 0.0549. The van der Waals surface area contributed by atoms with Crippen LogP contribution in [0.3, 0.4) is 0 Å². The average Bonchev–Trinajstić information content (AvgIpc) is 3.20. The van der Waals surface area contributed by atoms with Gasteiger partial charge in [-0.1, -0.05) is 37.3 Å². The molecule has 2 atom stereocenters. The standard InChI is InChI=1S/C22H34O4P/c1-5-7-11-17(6-2)16-27(24)22(14-8-9-15-22)21(23)20-18(25-3)12-10-13-19(20)26-4/h10,12-13,17H,5-9,11,14-16H2,1-4H3/q+1. The molecule has 2 rings (SSSR count). The SMILES string of the molecule is CCCCC(CC)C[P+](=O)C1(C(=O)c2c(OC)cccc2OC)CCCC1. The van der Waals surface area contributed by atoms with Gasteiger partial charge in [0.1, 0.15) is 23.2 Å². The minimum Gasteiger partial charge on any atom is -0.496 e. The van der Waals surface area contributed by atoms with Gasteiger partial charge in [0.05, 0.1) is 14.2 Å². The Morgan fingerprint density at radius 3 is 2.22 bits per heavy atom. The lowest BCUT2D eigenvalue weighted by molar-refractivity contribution is 0.0933. The van der Waals surface area contributed by atoms with Gasteiger partial charge in [0, 0.05) is 18.8 Å². The Balaban J connectivity index is 2.36. The Bertz CT molecular complexity index is 627. The number of hydrogen-bond donors (Lipinski definition) is 0. The molecule has 1 aliphatic carbocycles. The molecule has 1 saturated carbocycles. The maximum Gasteiger partial charge on any atom is 0.353 e. The highest BCUT2D eigenvalue weighted by atomic mass is 31.1. The monoisotopic (exact) mass is 393 g/mol. The molecule has 5 heteroatoms. The Hall–Kier alpha value is -1.41. The van der Waals surface area contributed by atoms with Crippen molar-refractivity contribution in [3.05, 3.63) is 23.8 Å². The van der Waals surface area contributed by atoms with E-state index in [-0.39, 0.29) is 5.78 Å². The molecule has 2 unspecified atom stereocenters. The van der Waals surface area contributed by atoms with Gasteiger partial charge in [0.25, 0.3) is 0 Å². The second-order valence-corrected chi connectivity index (χ2v) is 9.56. The second kappa shape index (κ2) is 10.2. The molecule has 4 nitrogen and oxygen atoms in total. The normalized spacial score (nSPS) is 17.4. The second-order valence-electron chi connectivity index (χ2n) is 7.58. The summed E-state index contributed by atoms with van der Waals surface area (Å²) in [5, 5.41) is -0.767. The average molecular weight is 393 g/mol. The highest BCUT2D eigenvalue weighted by Crippen LogP contribution is 2.55. The third-order valence-electron chi connectivity index (χ3n) is 5.95. The lowest BCUT2D eigenvalue weighted by Gasteiger charge is -2.21. The number of ketones is 1. The predicted molar refractivity (Wildman–Crippen MR) is 111 cm³/mol. The summed E-state index contributed by atoms with van der Waals surface area (Å²) in [6, 6.07) is 5.37. The van der Waals surface area contributed by atoms with Crippen LogP contribution in [0.4, 0.5) is 0 Å². The maximum atomic E-state index is 13.7. The lowest BCUT2D eigenvalue weighted by atomic mass is 9.93. The van der Waals surface area contributed by atoms with Crippen LogP contribution in [0.5, 0.6) is 11.5 Å². The van der Waals surface area contributed by atoms with Crippen molar-refractivity contribution in [1.82, 2.24) is 0 Å². The largest absolute Gasteiger partial charge is 0.496 e. The van der Waals surface area contributed by atoms with Gasteiger partial charge in [-0.15, -0.1) is 0 Å². The molecule has 0 amide bonds. The Kier molecular flexibility index (Phi) is 8.28. The molecule has 0 N–H and O–H groups in total. The Morgan fingerprint density at radius 2 is 1.74 bits per heavy atom. The van der Waals surface area contributed by atoms with Crippen LogP contribution >= 0.6 is 7.80 Å². The molecule has 27 heavy (non-hydrogen) atoms. The van der Waals surface area contributed by atoms with Crippen LogP contribution in [-0.4, -0.2) is 31.3 Å². The van der Waals surface area contributed by atoms with E-state index in [1.165, 1.54) is 0 Å². The van der Waals surface area contributed by atoms with Gasteiger partial charge in [0.15, 0.2) is 0 Å². The summed E-state index contributed by atoms with van der Waals surface area (Å²) in [5.74, 6) is 1.39. The molecule has 0 spiro atoms. The number of carbonyl (C=O) groups is 1. The molecule has 0 saturated heterocycles. The minimum atomic E-state index is -1.64. The first-order valence-corrected chi connectivity index (χ1v) is 11.7. The van der Waals surface area contributed by atoms with E-state index in [1.807, 2.05) is 6.07 Å². The molecule has 0 heterocycles. The topological polar surface area (TPSA) is 52.6 Å². The van der Waals surface area contributed by atoms with Crippen LogP contribution in [0.15, 0.2) is 18.2 Å². The van der Waals surface area contributed by atoms with E-state index in [4.69, 9.17) is 9.47 Å². The Labute approximate surface area is 164 Å². The number of benzene rings is 1. The maximum absolute atomic E-state index is 13.7. The fourth-order valence-corrected chi connectivity index (χ4v) is 6.60. The van der Waals surface area contributed by atoms with Gasteiger partial charge < -0.3 is 9.47 Å². The van der Waals surface area contributed by atoms with Crippen LogP contribution in [0, 0.1) is 5.92 Å². The van der Waals surface area contributed by atoms with Crippen molar-refractivity contribution in [1.29, 1.82) is 0 Å². The van der Waals surface area contributed by atoms with Gasteiger partial charge in [-0.25, -0.2) is 0 Å². The van der Waals surface area contributed by atoms with Gasteiger partial charge in [-0.05, 0) is 37.8 Å².